The Labute approximate surface area is 105 Å². The molecule has 1 N–H and O–H groups in total. The Hall–Kier alpha value is -0.120. The maximum atomic E-state index is 5.24. The predicted molar refractivity (Wildman–Crippen MR) is 68.8 cm³/mol. The maximum Gasteiger partial charge on any atom is 0.169 e. The second kappa shape index (κ2) is 4.52. The molecule has 2 aliphatic carbocycles. The summed E-state index contributed by atoms with van der Waals surface area (Å²) in [5.74, 6) is 0.883. The second-order valence-electron chi connectivity index (χ2n) is 6.47. The highest BCUT2D eigenvalue weighted by molar-refractivity contribution is 5.12. The van der Waals surface area contributed by atoms with Crippen LogP contribution in [0.3, 0.4) is 0 Å². The first-order valence-corrected chi connectivity index (χ1v) is 6.74. The number of ether oxygens (including phenoxy) is 2. The Morgan fingerprint density at radius 1 is 1.24 bits per heavy atom. The molecule has 2 aliphatic rings. The zero-order valence-corrected chi connectivity index (χ0v) is 11.9. The lowest BCUT2D eigenvalue weighted by Crippen LogP contribution is -2.47. The van der Waals surface area contributed by atoms with Crippen LogP contribution in [0.4, 0.5) is 0 Å². The molecular formula is C14H27NO2. The first-order valence-electron chi connectivity index (χ1n) is 6.74. The van der Waals surface area contributed by atoms with Crippen molar-refractivity contribution in [1.82, 2.24) is 5.32 Å². The summed E-state index contributed by atoms with van der Waals surface area (Å²) in [5.41, 5.74) is 0.907. The maximum absolute atomic E-state index is 5.24. The van der Waals surface area contributed by atoms with E-state index >= 15 is 0 Å². The van der Waals surface area contributed by atoms with E-state index in [4.69, 9.17) is 9.47 Å². The van der Waals surface area contributed by atoms with Gasteiger partial charge in [0.05, 0.1) is 0 Å². The van der Waals surface area contributed by atoms with Crippen molar-refractivity contribution < 1.29 is 9.47 Å². The third kappa shape index (κ3) is 1.92. The Morgan fingerprint density at radius 3 is 2.29 bits per heavy atom. The third-order valence-corrected chi connectivity index (χ3v) is 5.85. The molecule has 3 heteroatoms. The minimum atomic E-state index is -0.124. The summed E-state index contributed by atoms with van der Waals surface area (Å²) in [6, 6.07) is 0.615. The second-order valence-corrected chi connectivity index (χ2v) is 6.47. The quantitative estimate of drug-likeness (QED) is 0.750. The molecule has 2 bridgehead atoms. The smallest absolute Gasteiger partial charge is 0.169 e. The van der Waals surface area contributed by atoms with Crippen LogP contribution in [0, 0.1) is 16.7 Å². The lowest BCUT2D eigenvalue weighted by Gasteiger charge is -2.40. The highest BCUT2D eigenvalue weighted by atomic mass is 16.7. The molecule has 2 fully saturated rings. The highest BCUT2D eigenvalue weighted by Crippen LogP contribution is 2.65. The molecule has 0 spiro atoms. The molecule has 0 saturated heterocycles. The van der Waals surface area contributed by atoms with E-state index in [1.807, 2.05) is 0 Å². The largest absolute Gasteiger partial charge is 0.355 e. The molecule has 3 atom stereocenters. The summed E-state index contributed by atoms with van der Waals surface area (Å²) in [5, 5.41) is 3.66. The van der Waals surface area contributed by atoms with Crippen LogP contribution in [0.15, 0.2) is 0 Å². The average Bonchev–Trinajstić information content (AvgIpc) is 2.63. The summed E-state index contributed by atoms with van der Waals surface area (Å²) >= 11 is 0. The minimum absolute atomic E-state index is 0.124. The molecule has 17 heavy (non-hydrogen) atoms. The zero-order chi connectivity index (χ0) is 12.7. The number of fused-ring (bicyclic) bond motifs is 2. The van der Waals surface area contributed by atoms with E-state index in [2.05, 4.69) is 26.1 Å². The van der Waals surface area contributed by atoms with Crippen molar-refractivity contribution in [3.05, 3.63) is 0 Å². The van der Waals surface area contributed by atoms with Gasteiger partial charge >= 0.3 is 0 Å². The van der Waals surface area contributed by atoms with Gasteiger partial charge in [0.25, 0.3) is 0 Å². The summed E-state index contributed by atoms with van der Waals surface area (Å²) in [4.78, 5) is 0. The standard InChI is InChI=1S/C14H27NO2/c1-13(2)10-6-7-14(13,3)11(8-10)15-9-12(16-4)17-5/h10-12,15H,6-9H2,1-5H3. The van der Waals surface area contributed by atoms with E-state index in [0.717, 1.165) is 12.5 Å². The summed E-state index contributed by atoms with van der Waals surface area (Å²) in [7, 11) is 3.39. The number of hydrogen-bond donors (Lipinski definition) is 1. The van der Waals surface area contributed by atoms with Gasteiger partial charge < -0.3 is 14.8 Å². The van der Waals surface area contributed by atoms with Crippen molar-refractivity contribution in [3.63, 3.8) is 0 Å². The number of methoxy groups -OCH3 is 2. The van der Waals surface area contributed by atoms with Gasteiger partial charge in [0, 0.05) is 26.8 Å². The fraction of sp³-hybridized carbons (Fsp3) is 1.00. The van der Waals surface area contributed by atoms with Crippen LogP contribution < -0.4 is 5.32 Å². The first kappa shape index (κ1) is 13.3. The van der Waals surface area contributed by atoms with Crippen LogP contribution in [0.1, 0.15) is 40.0 Å². The van der Waals surface area contributed by atoms with Crippen molar-refractivity contribution in [3.8, 4) is 0 Å². The Kier molecular flexibility index (Phi) is 3.54. The van der Waals surface area contributed by atoms with Crippen LogP contribution in [0.25, 0.3) is 0 Å². The van der Waals surface area contributed by atoms with E-state index in [9.17, 15) is 0 Å². The summed E-state index contributed by atoms with van der Waals surface area (Å²) in [6.45, 7) is 8.12. The summed E-state index contributed by atoms with van der Waals surface area (Å²) in [6.07, 6.45) is 3.94. The van der Waals surface area contributed by atoms with E-state index in [1.54, 1.807) is 14.2 Å². The van der Waals surface area contributed by atoms with Crippen molar-refractivity contribution in [2.45, 2.75) is 52.4 Å². The van der Waals surface area contributed by atoms with E-state index in [1.165, 1.54) is 19.3 Å². The molecule has 0 aromatic rings. The van der Waals surface area contributed by atoms with Gasteiger partial charge in [-0.15, -0.1) is 0 Å². The van der Waals surface area contributed by atoms with Gasteiger partial charge in [0.1, 0.15) is 0 Å². The molecular weight excluding hydrogens is 214 g/mol. The fourth-order valence-corrected chi connectivity index (χ4v) is 4.01. The van der Waals surface area contributed by atoms with Crippen molar-refractivity contribution in [2.24, 2.45) is 16.7 Å². The average molecular weight is 241 g/mol. The van der Waals surface area contributed by atoms with Crippen LogP contribution in [-0.4, -0.2) is 33.1 Å². The lowest BCUT2D eigenvalue weighted by molar-refractivity contribution is -0.102. The van der Waals surface area contributed by atoms with Gasteiger partial charge in [0.15, 0.2) is 6.29 Å². The van der Waals surface area contributed by atoms with Gasteiger partial charge in [-0.2, -0.15) is 0 Å². The summed E-state index contributed by atoms with van der Waals surface area (Å²) < 4.78 is 10.5. The van der Waals surface area contributed by atoms with Crippen molar-refractivity contribution in [1.29, 1.82) is 0 Å². The molecule has 0 aromatic heterocycles. The monoisotopic (exact) mass is 241 g/mol. The van der Waals surface area contributed by atoms with Crippen molar-refractivity contribution >= 4 is 0 Å². The highest BCUT2D eigenvalue weighted by Gasteiger charge is 2.61. The Balaban J connectivity index is 1.96. The van der Waals surface area contributed by atoms with E-state index in [0.29, 0.717) is 16.9 Å². The van der Waals surface area contributed by atoms with Gasteiger partial charge in [-0.1, -0.05) is 20.8 Å². The van der Waals surface area contributed by atoms with Gasteiger partial charge in [-0.25, -0.2) is 0 Å². The molecule has 3 unspecified atom stereocenters. The zero-order valence-electron chi connectivity index (χ0n) is 11.9. The first-order chi connectivity index (χ1) is 7.95. The number of hydrogen-bond acceptors (Lipinski definition) is 3. The normalized spacial score (nSPS) is 39.2. The van der Waals surface area contributed by atoms with Gasteiger partial charge in [-0.3, -0.25) is 0 Å². The number of rotatable bonds is 5. The predicted octanol–water partition coefficient (Wildman–Crippen LogP) is 2.41. The minimum Gasteiger partial charge on any atom is -0.355 e. The van der Waals surface area contributed by atoms with Crippen molar-refractivity contribution in [2.75, 3.05) is 20.8 Å². The van der Waals surface area contributed by atoms with Crippen LogP contribution >= 0.6 is 0 Å². The molecule has 0 aromatic carbocycles. The molecule has 0 aliphatic heterocycles. The van der Waals surface area contributed by atoms with Gasteiger partial charge in [0.2, 0.25) is 0 Å². The van der Waals surface area contributed by atoms with Crippen LogP contribution in [-0.2, 0) is 9.47 Å². The van der Waals surface area contributed by atoms with Gasteiger partial charge in [-0.05, 0) is 36.0 Å². The molecule has 0 amide bonds. The SMILES string of the molecule is COC(CNC1CC2CCC1(C)C2(C)C)OC. The Morgan fingerprint density at radius 2 is 1.88 bits per heavy atom. The van der Waals surface area contributed by atoms with E-state index in [-0.39, 0.29) is 6.29 Å². The molecule has 0 radical (unpaired) electrons. The van der Waals surface area contributed by atoms with Crippen LogP contribution in [0.2, 0.25) is 0 Å². The lowest BCUT2D eigenvalue weighted by atomic mass is 9.69. The molecule has 0 heterocycles. The molecule has 3 nitrogen and oxygen atoms in total. The third-order valence-electron chi connectivity index (χ3n) is 5.85. The fourth-order valence-electron chi connectivity index (χ4n) is 4.01. The number of nitrogens with one attached hydrogen (secondary N) is 1. The molecule has 100 valence electrons. The molecule has 2 rings (SSSR count). The molecule has 2 saturated carbocycles. The topological polar surface area (TPSA) is 30.5 Å². The Bertz CT molecular complexity index is 275. The van der Waals surface area contributed by atoms with Crippen LogP contribution in [0.5, 0.6) is 0 Å². The van der Waals surface area contributed by atoms with E-state index < -0.39 is 0 Å².